The molecule has 188 valence electrons. The summed E-state index contributed by atoms with van der Waals surface area (Å²) in [7, 11) is -5.11. The Hall–Kier alpha value is -2.75. The number of nitrogens with zero attached hydrogens (tertiary/aromatic N) is 2. The zero-order valence-electron chi connectivity index (χ0n) is 19.4. The number of carbonyl (C=O) groups is 4. The Bertz CT molecular complexity index is 1380. The molecule has 0 radical (unpaired) electrons. The molecule has 1 unspecified atom stereocenters. The Kier molecular flexibility index (Phi) is 8.82. The van der Waals surface area contributed by atoms with Crippen LogP contribution in [0.25, 0.3) is 0 Å². The predicted molar refractivity (Wildman–Crippen MR) is 121 cm³/mol. The molecule has 3 heterocycles. The Morgan fingerprint density at radius 1 is 1.16 bits per heavy atom. The van der Waals surface area contributed by atoms with Gasteiger partial charge in [0, 0.05) is 23.5 Å². The maximum Gasteiger partial charge on any atom is 1.00 e. The van der Waals surface area contributed by atoms with E-state index in [-0.39, 0.29) is 58.7 Å². The first-order valence-corrected chi connectivity index (χ1v) is 13.0. The fraction of sp³-hybridized carbons (Fsp3) is 0.227. The Morgan fingerprint density at radius 2 is 1.78 bits per heavy atom. The van der Waals surface area contributed by atoms with Crippen molar-refractivity contribution in [3.63, 3.8) is 0 Å². The van der Waals surface area contributed by atoms with Gasteiger partial charge in [-0.25, -0.2) is 13.0 Å². The number of pyridine rings is 1. The van der Waals surface area contributed by atoms with Crippen LogP contribution >= 0.6 is 11.8 Å². The van der Waals surface area contributed by atoms with Gasteiger partial charge in [-0.15, -0.1) is 11.8 Å². The van der Waals surface area contributed by atoms with E-state index in [4.69, 9.17) is 5.73 Å². The molecule has 0 saturated carbocycles. The number of carboxylic acids is 1. The minimum atomic E-state index is -5.11. The average molecular weight is 555 g/mol. The predicted octanol–water partition coefficient (Wildman–Crippen LogP) is -5.23. The van der Waals surface area contributed by atoms with Gasteiger partial charge >= 0.3 is 29.6 Å². The number of β-lactam (4-membered cyclic amide) rings is 1. The van der Waals surface area contributed by atoms with Crippen molar-refractivity contribution in [3.8, 4) is 0 Å². The fourth-order valence-electron chi connectivity index (χ4n) is 4.05. The molecule has 37 heavy (non-hydrogen) atoms. The number of nitrogens with two attached hydrogens (primary N) is 1. The van der Waals surface area contributed by atoms with Gasteiger partial charge in [0.05, 0.1) is 17.2 Å². The SMILES string of the molecule is NC(=O)c1cc[n+](CC2=C(C(=O)[O-])N3C(=O)[C@H](NC(=O)C(c4ccccc4)S(=O)(=O)[O-])[C@@H]3SC2)cc1.[Na+]. The van der Waals surface area contributed by atoms with Gasteiger partial charge in [-0.3, -0.25) is 19.3 Å². The van der Waals surface area contributed by atoms with Crippen LogP contribution < -0.4 is 50.3 Å². The van der Waals surface area contributed by atoms with Crippen LogP contribution in [0.3, 0.4) is 0 Å². The summed E-state index contributed by atoms with van der Waals surface area (Å²) in [5, 5.41) is 11.3. The fourth-order valence-corrected chi connectivity index (χ4v) is 6.20. The number of carboxylic acid groups (broad SMARTS) is 1. The third-order valence-electron chi connectivity index (χ3n) is 5.72. The second-order valence-corrected chi connectivity index (χ2v) is 10.6. The van der Waals surface area contributed by atoms with Crippen molar-refractivity contribution >= 4 is 45.6 Å². The molecule has 2 aromatic rings. The molecule has 0 bridgehead atoms. The van der Waals surface area contributed by atoms with E-state index in [0.717, 1.165) is 16.7 Å². The van der Waals surface area contributed by atoms with Crippen molar-refractivity contribution in [2.24, 2.45) is 5.73 Å². The van der Waals surface area contributed by atoms with E-state index in [1.807, 2.05) is 0 Å². The van der Waals surface area contributed by atoms with Gasteiger partial charge in [-0.1, -0.05) is 30.3 Å². The monoisotopic (exact) mass is 554 g/mol. The standard InChI is InChI=1S/C22H20N4O8S2.Na/c23-18(27)13-6-8-25(9-7-13)10-14-11-35-21-15(20(29)26(21)16(14)22(30)31)24-19(28)17(36(32,33)34)12-4-2-1-3-5-12;/h1-9,15,17,21H,10-11H2,(H4-,23,24,27,28,30,31,32,33,34);/q;+1/p-1/t15-,17?,21-;/m0./s1. The molecule has 15 heteroatoms. The van der Waals surface area contributed by atoms with Crippen LogP contribution in [-0.4, -0.2) is 58.7 Å². The van der Waals surface area contributed by atoms with Gasteiger partial charge in [0.25, 0.3) is 5.91 Å². The molecule has 3 atom stereocenters. The first-order valence-electron chi connectivity index (χ1n) is 10.5. The van der Waals surface area contributed by atoms with E-state index in [2.05, 4.69) is 5.32 Å². The Morgan fingerprint density at radius 3 is 2.32 bits per heavy atom. The third kappa shape index (κ3) is 5.89. The molecule has 0 spiro atoms. The number of nitrogens with one attached hydrogen (secondary N) is 1. The van der Waals surface area contributed by atoms with Crippen LogP contribution in [0.15, 0.2) is 66.1 Å². The normalized spacial score (nSPS) is 19.7. The van der Waals surface area contributed by atoms with Crippen molar-refractivity contribution < 1.29 is 71.4 Å². The number of carbonyl (C=O) groups excluding carboxylic acids is 4. The molecular formula is C22H19N4NaO8S2. The van der Waals surface area contributed by atoms with Gasteiger partial charge in [-0.2, -0.15) is 0 Å². The van der Waals surface area contributed by atoms with E-state index >= 15 is 0 Å². The van der Waals surface area contributed by atoms with Crippen molar-refractivity contribution in [2.45, 2.75) is 23.2 Å². The maximum absolute atomic E-state index is 12.9. The number of benzene rings is 1. The van der Waals surface area contributed by atoms with Crippen molar-refractivity contribution in [1.29, 1.82) is 0 Å². The number of aromatic nitrogens is 1. The third-order valence-corrected chi connectivity index (χ3v) is 8.12. The van der Waals surface area contributed by atoms with Crippen LogP contribution in [-0.2, 0) is 31.0 Å². The first-order chi connectivity index (χ1) is 17.0. The smallest absolute Gasteiger partial charge is 0.747 e. The van der Waals surface area contributed by atoms with Gasteiger partial charge in [0.2, 0.25) is 11.8 Å². The zero-order valence-corrected chi connectivity index (χ0v) is 23.0. The van der Waals surface area contributed by atoms with Crippen molar-refractivity contribution in [3.05, 3.63) is 77.3 Å². The van der Waals surface area contributed by atoms with Crippen LogP contribution in [0.4, 0.5) is 0 Å². The molecule has 4 rings (SSSR count). The molecule has 3 N–H and O–H groups in total. The average Bonchev–Trinajstić information content (AvgIpc) is 2.82. The second-order valence-electron chi connectivity index (χ2n) is 8.04. The zero-order chi connectivity index (χ0) is 26.2. The largest absolute Gasteiger partial charge is 1.00 e. The molecule has 2 aliphatic rings. The number of hydrogen-bond donors (Lipinski definition) is 2. The molecule has 2 aliphatic heterocycles. The Balaban J connectivity index is 0.00000380. The summed E-state index contributed by atoms with van der Waals surface area (Å²) in [5.41, 5.74) is 5.44. The summed E-state index contributed by atoms with van der Waals surface area (Å²) < 4.78 is 37.0. The van der Waals surface area contributed by atoms with E-state index in [1.54, 1.807) is 10.6 Å². The molecule has 1 aromatic heterocycles. The summed E-state index contributed by atoms with van der Waals surface area (Å²) in [4.78, 5) is 49.8. The van der Waals surface area contributed by atoms with Crippen LogP contribution in [0.1, 0.15) is 21.2 Å². The Labute approximate surface area is 237 Å². The molecule has 1 saturated heterocycles. The number of fused-ring (bicyclic) bond motifs is 1. The number of amides is 3. The number of primary amides is 1. The topological polar surface area (TPSA) is 194 Å². The van der Waals surface area contributed by atoms with Crippen LogP contribution in [0.5, 0.6) is 0 Å². The quantitative estimate of drug-likeness (QED) is 0.139. The first kappa shape index (κ1) is 28.8. The number of aliphatic carboxylic acids is 1. The summed E-state index contributed by atoms with van der Waals surface area (Å²) in [6.07, 6.45) is 3.07. The number of rotatable bonds is 8. The van der Waals surface area contributed by atoms with Crippen molar-refractivity contribution in [1.82, 2.24) is 10.2 Å². The summed E-state index contributed by atoms with van der Waals surface area (Å²) in [6, 6.07) is 8.83. The van der Waals surface area contributed by atoms with Crippen molar-refractivity contribution in [2.75, 3.05) is 5.75 Å². The van der Waals surface area contributed by atoms with E-state index in [9.17, 15) is 37.3 Å². The summed E-state index contributed by atoms with van der Waals surface area (Å²) in [5.74, 6) is -4.00. The molecule has 1 fully saturated rings. The molecule has 12 nitrogen and oxygen atoms in total. The van der Waals surface area contributed by atoms with Gasteiger partial charge in [0.15, 0.2) is 24.2 Å². The van der Waals surface area contributed by atoms with Crippen LogP contribution in [0, 0.1) is 0 Å². The molecule has 0 aliphatic carbocycles. The molecule has 3 amide bonds. The maximum atomic E-state index is 12.9. The van der Waals surface area contributed by atoms with Gasteiger partial charge in [-0.05, 0) is 5.56 Å². The summed E-state index contributed by atoms with van der Waals surface area (Å²) in [6.45, 7) is 0.0768. The minimum Gasteiger partial charge on any atom is -0.747 e. The molecular weight excluding hydrogens is 535 g/mol. The van der Waals surface area contributed by atoms with Gasteiger partial charge < -0.3 is 25.5 Å². The summed E-state index contributed by atoms with van der Waals surface area (Å²) >= 11 is 1.16. The van der Waals surface area contributed by atoms with Crippen LogP contribution in [0.2, 0.25) is 0 Å². The van der Waals surface area contributed by atoms with E-state index < -0.39 is 50.5 Å². The van der Waals surface area contributed by atoms with E-state index in [1.165, 1.54) is 48.8 Å². The van der Waals surface area contributed by atoms with Gasteiger partial charge in [0.1, 0.15) is 21.5 Å². The second kappa shape index (κ2) is 11.3. The molecule has 1 aromatic carbocycles. The number of hydrogen-bond acceptors (Lipinski definition) is 9. The minimum absolute atomic E-state index is 0. The number of thioether (sulfide) groups is 1. The van der Waals surface area contributed by atoms with E-state index in [0.29, 0.717) is 5.57 Å².